The molecular formula is C18H21FN2O3S. The molecule has 0 saturated heterocycles. The summed E-state index contributed by atoms with van der Waals surface area (Å²) in [5, 5.41) is 2.67. The summed E-state index contributed by atoms with van der Waals surface area (Å²) in [6.07, 6.45) is -0.0699. The van der Waals surface area contributed by atoms with Gasteiger partial charge in [0.15, 0.2) is 0 Å². The van der Waals surface area contributed by atoms with E-state index in [4.69, 9.17) is 0 Å². The van der Waals surface area contributed by atoms with Crippen molar-refractivity contribution in [2.24, 2.45) is 0 Å². The van der Waals surface area contributed by atoms with Crippen molar-refractivity contribution in [2.45, 2.75) is 37.8 Å². The van der Waals surface area contributed by atoms with Crippen molar-refractivity contribution in [3.8, 4) is 0 Å². The quantitative estimate of drug-likeness (QED) is 0.792. The van der Waals surface area contributed by atoms with Crippen molar-refractivity contribution in [1.82, 2.24) is 10.0 Å². The normalized spacial score (nSPS) is 11.5. The Morgan fingerprint density at radius 2 is 1.84 bits per heavy atom. The summed E-state index contributed by atoms with van der Waals surface area (Å²) in [6.45, 7) is 3.65. The smallest absolute Gasteiger partial charge is 0.240 e. The van der Waals surface area contributed by atoms with Crippen LogP contribution in [0.1, 0.15) is 25.0 Å². The molecule has 25 heavy (non-hydrogen) atoms. The molecule has 0 aliphatic heterocycles. The van der Waals surface area contributed by atoms with Gasteiger partial charge in [0.25, 0.3) is 0 Å². The van der Waals surface area contributed by atoms with Crippen molar-refractivity contribution >= 4 is 15.9 Å². The lowest BCUT2D eigenvalue weighted by molar-refractivity contribution is -0.120. The lowest BCUT2D eigenvalue weighted by Crippen LogP contribution is -2.30. The summed E-state index contributed by atoms with van der Waals surface area (Å²) in [4.78, 5) is 12.1. The molecule has 0 aliphatic carbocycles. The van der Waals surface area contributed by atoms with Crippen LogP contribution in [0, 0.1) is 5.82 Å². The number of benzene rings is 2. The minimum atomic E-state index is -3.59. The number of rotatable bonds is 7. The van der Waals surface area contributed by atoms with E-state index in [9.17, 15) is 17.6 Å². The average molecular weight is 364 g/mol. The molecule has 0 heterocycles. The molecule has 7 heteroatoms. The minimum absolute atomic E-state index is 0.0699. The van der Waals surface area contributed by atoms with Crippen LogP contribution >= 0.6 is 0 Å². The number of sulfonamides is 1. The van der Waals surface area contributed by atoms with Crippen LogP contribution in [0.15, 0.2) is 53.4 Å². The van der Waals surface area contributed by atoms with E-state index in [0.29, 0.717) is 11.1 Å². The van der Waals surface area contributed by atoms with Gasteiger partial charge in [-0.2, -0.15) is 0 Å². The Labute approximate surface area is 147 Å². The van der Waals surface area contributed by atoms with Crippen LogP contribution in [0.25, 0.3) is 0 Å². The summed E-state index contributed by atoms with van der Waals surface area (Å²) in [6, 6.07) is 12.2. The molecule has 5 nitrogen and oxygen atoms in total. The Balaban J connectivity index is 2.01. The molecule has 134 valence electrons. The predicted octanol–water partition coefficient (Wildman–Crippen LogP) is 2.37. The predicted molar refractivity (Wildman–Crippen MR) is 93.9 cm³/mol. The SMILES string of the molecule is CC(C)NS(=O)(=O)c1cccc(CNC(=O)Cc2ccccc2F)c1. The number of carbonyl (C=O) groups is 1. The lowest BCUT2D eigenvalue weighted by Gasteiger charge is -2.11. The van der Waals surface area contributed by atoms with Gasteiger partial charge < -0.3 is 5.32 Å². The van der Waals surface area contributed by atoms with E-state index >= 15 is 0 Å². The highest BCUT2D eigenvalue weighted by molar-refractivity contribution is 7.89. The lowest BCUT2D eigenvalue weighted by atomic mass is 10.1. The van der Waals surface area contributed by atoms with Crippen LogP contribution in [0.5, 0.6) is 0 Å². The molecule has 0 aliphatic rings. The Morgan fingerprint density at radius 3 is 2.52 bits per heavy atom. The monoisotopic (exact) mass is 364 g/mol. The van der Waals surface area contributed by atoms with Gasteiger partial charge in [-0.25, -0.2) is 17.5 Å². The van der Waals surface area contributed by atoms with E-state index < -0.39 is 15.8 Å². The zero-order valence-electron chi connectivity index (χ0n) is 14.1. The Kier molecular flexibility index (Phi) is 6.27. The summed E-state index contributed by atoms with van der Waals surface area (Å²) < 4.78 is 40.4. The first-order chi connectivity index (χ1) is 11.8. The molecule has 0 spiro atoms. The fraction of sp³-hybridized carbons (Fsp3) is 0.278. The topological polar surface area (TPSA) is 75.3 Å². The van der Waals surface area contributed by atoms with E-state index in [1.807, 2.05) is 0 Å². The molecule has 0 atom stereocenters. The first-order valence-electron chi connectivity index (χ1n) is 7.89. The first kappa shape index (κ1) is 19.1. The summed E-state index contributed by atoms with van der Waals surface area (Å²) >= 11 is 0. The minimum Gasteiger partial charge on any atom is -0.352 e. The van der Waals surface area contributed by atoms with E-state index in [-0.39, 0.29) is 29.8 Å². The van der Waals surface area contributed by atoms with Gasteiger partial charge in [0.05, 0.1) is 11.3 Å². The molecule has 0 saturated carbocycles. The number of halogens is 1. The second kappa shape index (κ2) is 8.22. The Bertz CT molecular complexity index is 851. The number of nitrogens with one attached hydrogen (secondary N) is 2. The second-order valence-electron chi connectivity index (χ2n) is 5.97. The van der Waals surface area contributed by atoms with Crippen molar-refractivity contribution < 1.29 is 17.6 Å². The Morgan fingerprint density at radius 1 is 1.12 bits per heavy atom. The van der Waals surface area contributed by atoms with Gasteiger partial charge in [-0.1, -0.05) is 30.3 Å². The molecule has 0 aromatic heterocycles. The zero-order chi connectivity index (χ0) is 18.4. The fourth-order valence-electron chi connectivity index (χ4n) is 2.28. The van der Waals surface area contributed by atoms with Crippen LogP contribution < -0.4 is 10.0 Å². The number of hydrogen-bond donors (Lipinski definition) is 2. The Hall–Kier alpha value is -2.25. The van der Waals surface area contributed by atoms with Crippen molar-refractivity contribution in [2.75, 3.05) is 0 Å². The second-order valence-corrected chi connectivity index (χ2v) is 7.68. The maximum atomic E-state index is 13.5. The molecule has 2 N–H and O–H groups in total. The third-order valence-electron chi connectivity index (χ3n) is 3.40. The van der Waals surface area contributed by atoms with E-state index in [2.05, 4.69) is 10.0 Å². The molecule has 0 fully saturated rings. The van der Waals surface area contributed by atoms with Gasteiger partial charge >= 0.3 is 0 Å². The molecule has 0 radical (unpaired) electrons. The van der Waals surface area contributed by atoms with Gasteiger partial charge in [-0.15, -0.1) is 0 Å². The van der Waals surface area contributed by atoms with Crippen LogP contribution in [-0.4, -0.2) is 20.4 Å². The van der Waals surface area contributed by atoms with Crippen LogP contribution in [-0.2, 0) is 27.8 Å². The highest BCUT2D eigenvalue weighted by atomic mass is 32.2. The van der Waals surface area contributed by atoms with Crippen molar-refractivity contribution in [1.29, 1.82) is 0 Å². The fourth-order valence-corrected chi connectivity index (χ4v) is 3.60. The molecule has 2 rings (SSSR count). The molecule has 2 aromatic carbocycles. The van der Waals surface area contributed by atoms with Gasteiger partial charge in [0.2, 0.25) is 15.9 Å². The number of carbonyl (C=O) groups excluding carboxylic acids is 1. The highest BCUT2D eigenvalue weighted by Crippen LogP contribution is 2.12. The molecule has 2 aromatic rings. The molecule has 1 amide bonds. The van der Waals surface area contributed by atoms with Crippen LogP contribution in [0.2, 0.25) is 0 Å². The largest absolute Gasteiger partial charge is 0.352 e. The van der Waals surface area contributed by atoms with Crippen LogP contribution in [0.3, 0.4) is 0 Å². The van der Waals surface area contributed by atoms with Crippen molar-refractivity contribution in [3.63, 3.8) is 0 Å². The number of hydrogen-bond acceptors (Lipinski definition) is 3. The highest BCUT2D eigenvalue weighted by Gasteiger charge is 2.15. The summed E-state index contributed by atoms with van der Waals surface area (Å²) in [7, 11) is -3.59. The standard InChI is InChI=1S/C18H21FN2O3S/c1-13(2)21-25(23,24)16-8-5-6-14(10-16)12-20-18(22)11-15-7-3-4-9-17(15)19/h3-10,13,21H,11-12H2,1-2H3,(H,20,22). The third-order valence-corrected chi connectivity index (χ3v) is 5.05. The van der Waals surface area contributed by atoms with Crippen LogP contribution in [0.4, 0.5) is 4.39 Å². The van der Waals surface area contributed by atoms with E-state index in [0.717, 1.165) is 0 Å². The maximum absolute atomic E-state index is 13.5. The van der Waals surface area contributed by atoms with Crippen molar-refractivity contribution in [3.05, 3.63) is 65.5 Å². The van der Waals surface area contributed by atoms with E-state index in [1.165, 1.54) is 18.2 Å². The van der Waals surface area contributed by atoms with E-state index in [1.54, 1.807) is 44.2 Å². The van der Waals surface area contributed by atoms with Gasteiger partial charge in [-0.3, -0.25) is 4.79 Å². The maximum Gasteiger partial charge on any atom is 0.240 e. The summed E-state index contributed by atoms with van der Waals surface area (Å²) in [5.74, 6) is -0.760. The van der Waals surface area contributed by atoms with Gasteiger partial charge in [0, 0.05) is 12.6 Å². The molecule has 0 unspecified atom stereocenters. The average Bonchev–Trinajstić information content (AvgIpc) is 2.54. The van der Waals surface area contributed by atoms with Gasteiger partial charge in [-0.05, 0) is 43.2 Å². The zero-order valence-corrected chi connectivity index (χ0v) is 14.9. The third kappa shape index (κ3) is 5.65. The number of amides is 1. The summed E-state index contributed by atoms with van der Waals surface area (Å²) in [5.41, 5.74) is 0.964. The van der Waals surface area contributed by atoms with Gasteiger partial charge in [0.1, 0.15) is 5.82 Å². The molecule has 0 bridgehead atoms. The molecular weight excluding hydrogens is 343 g/mol. The first-order valence-corrected chi connectivity index (χ1v) is 9.37.